The van der Waals surface area contributed by atoms with Gasteiger partial charge in [0.05, 0.1) is 22.2 Å². The molecule has 1 aliphatic rings. The number of hydrogen-bond acceptors (Lipinski definition) is 6. The van der Waals surface area contributed by atoms with Gasteiger partial charge in [-0.3, -0.25) is 9.78 Å². The highest BCUT2D eigenvalue weighted by atomic mass is 32.2. The number of carbonyl (C=O) groups excluding carboxylic acids is 1. The van der Waals surface area contributed by atoms with Crippen LogP contribution < -0.4 is 9.88 Å². The van der Waals surface area contributed by atoms with E-state index in [0.717, 1.165) is 18.3 Å². The number of carbonyl (C=O) groups is 1. The average molecular weight is 383 g/mol. The average Bonchev–Trinajstić information content (AvgIpc) is 2.75. The molecule has 1 heterocycles. The number of rotatable bonds is 3. The summed E-state index contributed by atoms with van der Waals surface area (Å²) in [6, 6.07) is 4.66. The van der Waals surface area contributed by atoms with Crippen LogP contribution in [0.3, 0.4) is 0 Å². The van der Waals surface area contributed by atoms with Crippen LogP contribution in [0.2, 0.25) is 0 Å². The number of Topliss-reactive ketones (excluding diaryl/α,β-unsaturated/α-hetero) is 1. The molecule has 0 spiro atoms. The fraction of sp³-hybridized carbons (Fsp3) is 0.133. The third kappa shape index (κ3) is 2.69. The maximum atomic E-state index is 14.3. The maximum absolute atomic E-state index is 14.3. The number of pyridine rings is 1. The van der Waals surface area contributed by atoms with E-state index >= 15 is 0 Å². The largest absolute Gasteiger partial charge is 0.455 e. The smallest absolute Gasteiger partial charge is 0.344 e. The normalized spacial score (nSPS) is 18.3. The number of ketones is 1. The highest BCUT2D eigenvalue weighted by molar-refractivity contribution is 7.89. The number of nitrogens with zero attached hydrogens (tertiary/aromatic N) is 2. The van der Waals surface area contributed by atoms with Crippen molar-refractivity contribution >= 4 is 15.8 Å². The van der Waals surface area contributed by atoms with Gasteiger partial charge in [0.15, 0.2) is 0 Å². The number of benzene rings is 1. The Kier molecular flexibility index (Phi) is 3.97. The topological polar surface area (TPSA) is 123 Å². The molecule has 0 amide bonds. The molecule has 1 unspecified atom stereocenters. The van der Waals surface area contributed by atoms with Crippen LogP contribution in [0, 0.1) is 11.3 Å². The molecule has 134 valence electrons. The molecule has 1 aromatic carbocycles. The molecule has 0 fully saturated rings. The third-order valence-corrected chi connectivity index (χ3v) is 4.60. The number of alkyl halides is 3. The van der Waals surface area contributed by atoms with Crippen molar-refractivity contribution in [2.75, 3.05) is 0 Å². The Morgan fingerprint density at radius 2 is 2.00 bits per heavy atom. The van der Waals surface area contributed by atoms with E-state index in [2.05, 4.69) is 4.98 Å². The molecule has 1 aliphatic carbocycles. The molecule has 11 heteroatoms. The zero-order chi connectivity index (χ0) is 19.3. The number of ether oxygens (including phenoxy) is 1. The molecule has 2 N–H and O–H groups in total. The van der Waals surface area contributed by atoms with Crippen molar-refractivity contribution in [2.45, 2.75) is 17.0 Å². The van der Waals surface area contributed by atoms with Crippen LogP contribution in [-0.4, -0.2) is 25.1 Å². The van der Waals surface area contributed by atoms with Crippen LogP contribution >= 0.6 is 0 Å². The Labute approximate surface area is 144 Å². The number of halogens is 3. The van der Waals surface area contributed by atoms with Crippen LogP contribution in [0.4, 0.5) is 13.2 Å². The highest BCUT2D eigenvalue weighted by Gasteiger charge is 2.59. The van der Waals surface area contributed by atoms with Crippen LogP contribution in [-0.2, 0) is 10.0 Å². The summed E-state index contributed by atoms with van der Waals surface area (Å²) in [4.78, 5) is 14.7. The van der Waals surface area contributed by atoms with Gasteiger partial charge in [-0.15, -0.1) is 0 Å². The molecule has 2 aromatic rings. The Balaban J connectivity index is 2.21. The zero-order valence-corrected chi connectivity index (χ0v) is 13.4. The number of fused-ring (bicyclic) bond motifs is 1. The van der Waals surface area contributed by atoms with Gasteiger partial charge in [-0.1, -0.05) is 0 Å². The van der Waals surface area contributed by atoms with Gasteiger partial charge < -0.3 is 4.74 Å². The van der Waals surface area contributed by atoms with Gasteiger partial charge in [-0.25, -0.2) is 17.9 Å². The van der Waals surface area contributed by atoms with Gasteiger partial charge in [0, 0.05) is 17.8 Å². The molecular weight excluding hydrogens is 375 g/mol. The summed E-state index contributed by atoms with van der Waals surface area (Å²) in [5, 5.41) is 13.8. The van der Waals surface area contributed by atoms with Gasteiger partial charge in [-0.2, -0.15) is 14.0 Å². The van der Waals surface area contributed by atoms with Gasteiger partial charge in [0.2, 0.25) is 22.0 Å². The molecule has 1 atom stereocenters. The zero-order valence-electron chi connectivity index (χ0n) is 12.6. The fourth-order valence-corrected chi connectivity index (χ4v) is 3.26. The van der Waals surface area contributed by atoms with Crippen molar-refractivity contribution in [1.29, 1.82) is 5.26 Å². The first-order chi connectivity index (χ1) is 12.1. The Morgan fingerprint density at radius 3 is 2.62 bits per heavy atom. The number of nitrogens with two attached hydrogens (primary N) is 1. The molecule has 7 nitrogen and oxygen atoms in total. The summed E-state index contributed by atoms with van der Waals surface area (Å²) in [5.41, 5.74) is -1.89. The van der Waals surface area contributed by atoms with Crippen molar-refractivity contribution in [1.82, 2.24) is 4.98 Å². The summed E-state index contributed by atoms with van der Waals surface area (Å²) in [7, 11) is -4.57. The van der Waals surface area contributed by atoms with Crippen molar-refractivity contribution in [3.63, 3.8) is 0 Å². The molecule has 3 rings (SSSR count). The second-order valence-electron chi connectivity index (χ2n) is 5.33. The van der Waals surface area contributed by atoms with Crippen molar-refractivity contribution in [2.24, 2.45) is 5.14 Å². The summed E-state index contributed by atoms with van der Waals surface area (Å²) in [6.07, 6.45) is -0.784. The number of hydrogen-bond donors (Lipinski definition) is 1. The van der Waals surface area contributed by atoms with E-state index in [4.69, 9.17) is 15.1 Å². The van der Waals surface area contributed by atoms with Gasteiger partial charge in [0.25, 0.3) is 0 Å². The standard InChI is InChI=1S/C15H8F3N3O4S/c16-13-11-9(25-8-3-7(4-19)5-21-6-8)1-2-10(26(20,23)24)12(11)14(22)15(13,17)18/h1-3,5-6,13H,(H2,20,23,24). The van der Waals surface area contributed by atoms with E-state index in [1.54, 1.807) is 6.07 Å². The van der Waals surface area contributed by atoms with E-state index < -0.39 is 49.7 Å². The first kappa shape index (κ1) is 17.8. The van der Waals surface area contributed by atoms with Gasteiger partial charge >= 0.3 is 5.92 Å². The molecule has 0 radical (unpaired) electrons. The van der Waals surface area contributed by atoms with Gasteiger partial charge in [-0.05, 0) is 12.1 Å². The predicted octanol–water partition coefficient (Wildman–Crippen LogP) is 2.24. The van der Waals surface area contributed by atoms with Crippen molar-refractivity contribution < 1.29 is 31.1 Å². The monoisotopic (exact) mass is 383 g/mol. The number of nitriles is 1. The quantitative estimate of drug-likeness (QED) is 0.867. The maximum Gasteiger partial charge on any atom is 0.344 e. The second kappa shape index (κ2) is 5.79. The predicted molar refractivity (Wildman–Crippen MR) is 80.0 cm³/mol. The molecule has 26 heavy (non-hydrogen) atoms. The van der Waals surface area contributed by atoms with E-state index in [-0.39, 0.29) is 11.3 Å². The lowest BCUT2D eigenvalue weighted by atomic mass is 10.1. The van der Waals surface area contributed by atoms with Crippen LogP contribution in [0.1, 0.15) is 27.7 Å². The Morgan fingerprint density at radius 1 is 1.31 bits per heavy atom. The Bertz CT molecular complexity index is 1080. The van der Waals surface area contributed by atoms with E-state index in [1.807, 2.05) is 0 Å². The summed E-state index contributed by atoms with van der Waals surface area (Å²) in [6.45, 7) is 0. The summed E-state index contributed by atoms with van der Waals surface area (Å²) >= 11 is 0. The van der Waals surface area contributed by atoms with Gasteiger partial charge in [0.1, 0.15) is 17.6 Å². The summed E-state index contributed by atoms with van der Waals surface area (Å²) in [5.74, 6) is -7.07. The highest BCUT2D eigenvalue weighted by Crippen LogP contribution is 2.51. The number of sulfonamides is 1. The van der Waals surface area contributed by atoms with E-state index in [9.17, 15) is 26.4 Å². The third-order valence-electron chi connectivity index (χ3n) is 3.65. The minimum Gasteiger partial charge on any atom is -0.455 e. The fourth-order valence-electron chi connectivity index (χ4n) is 2.52. The minimum atomic E-state index is -4.57. The SMILES string of the molecule is N#Cc1cncc(Oc2ccc(S(N)(=O)=O)c3c2C(F)C(F)(F)C3=O)c1. The Hall–Kier alpha value is -2.97. The van der Waals surface area contributed by atoms with E-state index in [0.29, 0.717) is 0 Å². The molecule has 0 aliphatic heterocycles. The van der Waals surface area contributed by atoms with E-state index in [1.165, 1.54) is 12.3 Å². The first-order valence-electron chi connectivity index (χ1n) is 6.86. The number of primary sulfonamides is 1. The second-order valence-corrected chi connectivity index (χ2v) is 6.86. The lowest BCUT2D eigenvalue weighted by Gasteiger charge is -2.14. The molecular formula is C15H8F3N3O4S. The van der Waals surface area contributed by atoms with Crippen molar-refractivity contribution in [3.8, 4) is 17.6 Å². The molecule has 0 saturated carbocycles. The molecule has 0 bridgehead atoms. The summed E-state index contributed by atoms with van der Waals surface area (Å²) < 4.78 is 70.4. The lowest BCUT2D eigenvalue weighted by Crippen LogP contribution is -2.27. The first-order valence-corrected chi connectivity index (χ1v) is 8.41. The minimum absolute atomic E-state index is 0.0820. The van der Waals surface area contributed by atoms with Crippen LogP contribution in [0.5, 0.6) is 11.5 Å². The van der Waals surface area contributed by atoms with Crippen molar-refractivity contribution in [3.05, 3.63) is 47.3 Å². The molecule has 0 saturated heterocycles. The molecule has 1 aromatic heterocycles. The number of aromatic nitrogens is 1. The van der Waals surface area contributed by atoms with Crippen LogP contribution in [0.25, 0.3) is 0 Å². The van der Waals surface area contributed by atoms with Crippen LogP contribution in [0.15, 0.2) is 35.5 Å². The lowest BCUT2D eigenvalue weighted by molar-refractivity contribution is -0.0368.